The van der Waals surface area contributed by atoms with Crippen LogP contribution in [0.15, 0.2) is 53.6 Å². The number of nitro groups is 1. The average molecular weight is 395 g/mol. The van der Waals surface area contributed by atoms with E-state index in [2.05, 4.69) is 10.5 Å². The maximum atomic E-state index is 12.7. The Hall–Kier alpha value is -3.55. The molecule has 3 rings (SSSR count). The van der Waals surface area contributed by atoms with E-state index in [1.54, 1.807) is 25.1 Å². The van der Waals surface area contributed by atoms with Crippen LogP contribution in [0.5, 0.6) is 0 Å². The Balaban J connectivity index is 1.76. The summed E-state index contributed by atoms with van der Waals surface area (Å²) in [4.78, 5) is 35.3. The number of aryl methyl sites for hydroxylation is 1. The van der Waals surface area contributed by atoms with E-state index < -0.39 is 16.9 Å². The summed E-state index contributed by atoms with van der Waals surface area (Å²) in [7, 11) is 0. The minimum Gasteiger partial charge on any atom is -0.461 e. The fourth-order valence-electron chi connectivity index (χ4n) is 3.18. The summed E-state index contributed by atoms with van der Waals surface area (Å²) in [5.74, 6) is -0.656. The van der Waals surface area contributed by atoms with Crippen LogP contribution in [0, 0.1) is 10.1 Å². The van der Waals surface area contributed by atoms with Gasteiger partial charge in [0.2, 0.25) is 0 Å². The summed E-state index contributed by atoms with van der Waals surface area (Å²) in [5, 5.41) is 15.0. The number of fused-ring (bicyclic) bond motifs is 1. The van der Waals surface area contributed by atoms with Crippen LogP contribution in [0.1, 0.15) is 34.8 Å². The zero-order valence-corrected chi connectivity index (χ0v) is 16.0. The summed E-state index contributed by atoms with van der Waals surface area (Å²) in [6.07, 6.45) is 1.44. The van der Waals surface area contributed by atoms with Crippen LogP contribution in [0.4, 0.5) is 5.69 Å². The van der Waals surface area contributed by atoms with Crippen LogP contribution >= 0.6 is 0 Å². The van der Waals surface area contributed by atoms with Crippen LogP contribution in [-0.2, 0) is 22.4 Å². The van der Waals surface area contributed by atoms with Crippen molar-refractivity contribution in [3.63, 3.8) is 0 Å². The van der Waals surface area contributed by atoms with Gasteiger partial charge in [-0.2, -0.15) is 5.10 Å². The zero-order chi connectivity index (χ0) is 20.8. The number of carbonyl (C=O) groups excluding carboxylic acids is 2. The molecule has 0 aromatic heterocycles. The van der Waals surface area contributed by atoms with Crippen molar-refractivity contribution in [2.24, 2.45) is 5.10 Å². The number of carbonyl (C=O) groups is 2. The third-order valence-electron chi connectivity index (χ3n) is 4.69. The van der Waals surface area contributed by atoms with Crippen LogP contribution in [-0.4, -0.2) is 35.0 Å². The topological polar surface area (TPSA) is 111 Å². The van der Waals surface area contributed by atoms with Crippen molar-refractivity contribution in [3.8, 4) is 0 Å². The lowest BCUT2D eigenvalue weighted by molar-refractivity contribution is -0.384. The number of Topliss-reactive ketones (excluding diaryl/α,β-unsaturated/α-hetero) is 1. The minimum absolute atomic E-state index is 0.0343. The molecule has 1 aliphatic rings. The van der Waals surface area contributed by atoms with Gasteiger partial charge in [-0.25, -0.2) is 4.79 Å². The number of esters is 1. The van der Waals surface area contributed by atoms with E-state index in [-0.39, 0.29) is 30.2 Å². The van der Waals surface area contributed by atoms with Crippen molar-refractivity contribution in [2.45, 2.75) is 32.2 Å². The number of hydrogen-bond acceptors (Lipinski definition) is 7. The van der Waals surface area contributed by atoms with E-state index in [1.807, 2.05) is 18.2 Å². The van der Waals surface area contributed by atoms with Gasteiger partial charge in [-0.15, -0.1) is 0 Å². The Morgan fingerprint density at radius 3 is 2.66 bits per heavy atom. The molecule has 1 atom stereocenters. The quantitative estimate of drug-likeness (QED) is 0.334. The van der Waals surface area contributed by atoms with Crippen LogP contribution in [0.3, 0.4) is 0 Å². The largest absolute Gasteiger partial charge is 0.461 e. The monoisotopic (exact) mass is 395 g/mol. The van der Waals surface area contributed by atoms with E-state index in [0.29, 0.717) is 17.5 Å². The Morgan fingerprint density at radius 1 is 1.24 bits per heavy atom. The van der Waals surface area contributed by atoms with Crippen molar-refractivity contribution in [3.05, 3.63) is 75.3 Å². The number of benzene rings is 2. The zero-order valence-electron chi connectivity index (χ0n) is 16.0. The second-order valence-corrected chi connectivity index (χ2v) is 6.62. The molecule has 0 aliphatic heterocycles. The Bertz CT molecular complexity index is 953. The van der Waals surface area contributed by atoms with Crippen molar-refractivity contribution < 1.29 is 19.2 Å². The molecule has 8 heteroatoms. The van der Waals surface area contributed by atoms with Crippen molar-refractivity contribution in [2.75, 3.05) is 6.61 Å². The Morgan fingerprint density at radius 2 is 1.97 bits per heavy atom. The second kappa shape index (κ2) is 9.09. The lowest BCUT2D eigenvalue weighted by Crippen LogP contribution is -2.39. The molecular weight excluding hydrogens is 374 g/mol. The molecule has 0 saturated heterocycles. The van der Waals surface area contributed by atoms with E-state index in [1.165, 1.54) is 12.1 Å². The molecule has 2 aromatic carbocycles. The number of nitro benzene ring substituents is 1. The summed E-state index contributed by atoms with van der Waals surface area (Å²) >= 11 is 0. The number of hydrogen-bond donors (Lipinski definition) is 1. The first-order valence-electron chi connectivity index (χ1n) is 9.34. The fraction of sp³-hybridized carbons (Fsp3) is 0.286. The van der Waals surface area contributed by atoms with Crippen molar-refractivity contribution >= 4 is 23.2 Å². The van der Waals surface area contributed by atoms with E-state index in [9.17, 15) is 19.7 Å². The highest BCUT2D eigenvalue weighted by Crippen LogP contribution is 2.21. The van der Waals surface area contributed by atoms with Gasteiger partial charge in [0.05, 0.1) is 11.5 Å². The molecule has 0 saturated carbocycles. The molecule has 0 fully saturated rings. The normalized spacial score (nSPS) is 16.1. The fourth-order valence-corrected chi connectivity index (χ4v) is 3.18. The molecule has 29 heavy (non-hydrogen) atoms. The molecule has 0 amide bonds. The van der Waals surface area contributed by atoms with Gasteiger partial charge < -0.3 is 4.74 Å². The van der Waals surface area contributed by atoms with Crippen LogP contribution < -0.4 is 5.43 Å². The van der Waals surface area contributed by atoms with Gasteiger partial charge in [0, 0.05) is 24.1 Å². The lowest BCUT2D eigenvalue weighted by atomic mass is 9.87. The van der Waals surface area contributed by atoms with Gasteiger partial charge >= 0.3 is 5.97 Å². The highest BCUT2D eigenvalue weighted by Gasteiger charge is 2.27. The number of non-ortho nitro benzene ring substituents is 1. The highest BCUT2D eigenvalue weighted by molar-refractivity contribution is 6.36. The molecular formula is C21H21N3O5. The van der Waals surface area contributed by atoms with Gasteiger partial charge in [-0.1, -0.05) is 36.4 Å². The van der Waals surface area contributed by atoms with Gasteiger partial charge in [0.1, 0.15) is 11.8 Å². The molecule has 0 radical (unpaired) electrons. The summed E-state index contributed by atoms with van der Waals surface area (Å²) in [5.41, 5.74) is 5.25. The second-order valence-electron chi connectivity index (χ2n) is 6.62. The first kappa shape index (κ1) is 20.2. The summed E-state index contributed by atoms with van der Waals surface area (Å²) in [6, 6.07) is 12.8. The molecule has 2 aromatic rings. The van der Waals surface area contributed by atoms with Gasteiger partial charge in [0.25, 0.3) is 5.69 Å². The first-order valence-corrected chi connectivity index (χ1v) is 9.34. The number of rotatable bonds is 7. The number of ketones is 1. The molecule has 0 spiro atoms. The van der Waals surface area contributed by atoms with Gasteiger partial charge in [-0.05, 0) is 30.9 Å². The average Bonchev–Trinajstić information content (AvgIpc) is 2.73. The van der Waals surface area contributed by atoms with Crippen molar-refractivity contribution in [1.29, 1.82) is 0 Å². The highest BCUT2D eigenvalue weighted by atomic mass is 16.6. The molecule has 0 unspecified atom stereocenters. The van der Waals surface area contributed by atoms with Gasteiger partial charge in [-0.3, -0.25) is 20.3 Å². The summed E-state index contributed by atoms with van der Waals surface area (Å²) < 4.78 is 5.06. The molecule has 150 valence electrons. The molecule has 0 heterocycles. The smallest absolute Gasteiger partial charge is 0.354 e. The predicted molar refractivity (Wildman–Crippen MR) is 107 cm³/mol. The maximum absolute atomic E-state index is 12.7. The van der Waals surface area contributed by atoms with E-state index in [4.69, 9.17) is 4.74 Å². The van der Waals surface area contributed by atoms with Crippen LogP contribution in [0.2, 0.25) is 0 Å². The standard InChI is InChI=1S/C21H21N3O5/c1-2-29-21(26)19(13-14-7-10-16(11-8-14)24(27)28)23-22-18-12-9-15-5-3-4-6-17(15)20(18)25/h3-8,10-11,18,22H,2,9,12-13H2,1H3/b23-19-/t18-/m1/s1. The van der Waals surface area contributed by atoms with Crippen LogP contribution in [0.25, 0.3) is 0 Å². The van der Waals surface area contributed by atoms with Crippen molar-refractivity contribution in [1.82, 2.24) is 5.43 Å². The minimum atomic E-state index is -0.595. The molecule has 8 nitrogen and oxygen atoms in total. The Kier molecular flexibility index (Phi) is 6.33. The molecule has 1 N–H and O–H groups in total. The molecule has 0 bridgehead atoms. The number of ether oxygens (including phenoxy) is 1. The number of hydrazone groups is 1. The SMILES string of the molecule is CCOC(=O)/C(Cc1ccc([N+](=O)[O-])cc1)=N\N[C@@H]1CCc2ccccc2C1=O. The maximum Gasteiger partial charge on any atom is 0.354 e. The summed E-state index contributed by atoms with van der Waals surface area (Å²) in [6.45, 7) is 1.88. The number of nitrogens with zero attached hydrogens (tertiary/aromatic N) is 2. The number of nitrogens with one attached hydrogen (secondary N) is 1. The third-order valence-corrected chi connectivity index (χ3v) is 4.69. The van der Waals surface area contributed by atoms with Gasteiger partial charge in [0.15, 0.2) is 5.78 Å². The molecule has 1 aliphatic carbocycles. The third kappa shape index (κ3) is 4.84. The predicted octanol–water partition coefficient (Wildman–Crippen LogP) is 2.84. The first-order chi connectivity index (χ1) is 14.0. The van der Waals surface area contributed by atoms with E-state index >= 15 is 0 Å². The Labute approximate surface area is 167 Å². The van der Waals surface area contributed by atoms with E-state index in [0.717, 1.165) is 12.0 Å². The lowest BCUT2D eigenvalue weighted by Gasteiger charge is -2.23.